The molecule has 0 saturated heterocycles. The highest BCUT2D eigenvalue weighted by Crippen LogP contribution is 2.16. The van der Waals surface area contributed by atoms with Crippen LogP contribution in [0.5, 0.6) is 11.8 Å². The van der Waals surface area contributed by atoms with Gasteiger partial charge < -0.3 is 15.2 Å². The van der Waals surface area contributed by atoms with Gasteiger partial charge in [0.25, 0.3) is 0 Å². The van der Waals surface area contributed by atoms with Crippen molar-refractivity contribution in [2.24, 2.45) is 0 Å². The molecule has 0 amide bonds. The molecular weight excluding hydrogens is 242 g/mol. The van der Waals surface area contributed by atoms with Crippen LogP contribution in [-0.4, -0.2) is 23.7 Å². The number of rotatable bonds is 5. The van der Waals surface area contributed by atoms with E-state index in [4.69, 9.17) is 15.2 Å². The molecule has 1 aromatic heterocycles. The number of benzene rings is 1. The van der Waals surface area contributed by atoms with Gasteiger partial charge in [-0.3, -0.25) is 0 Å². The first-order valence-electron chi connectivity index (χ1n) is 5.81. The third-order valence-electron chi connectivity index (χ3n) is 2.34. The standard InChI is InChI=1S/C14H15N3O2/c1-18-12-10-13(17-14(15)16-12)19-9-5-8-11-6-3-2-4-7-11/h2-8,10H,9H2,1H3,(H2,15,16,17)/b8-5+. The van der Waals surface area contributed by atoms with Gasteiger partial charge in [0, 0.05) is 0 Å². The zero-order valence-electron chi connectivity index (χ0n) is 10.6. The number of methoxy groups -OCH3 is 1. The number of nitrogens with two attached hydrogens (primary N) is 1. The molecule has 0 aliphatic rings. The van der Waals surface area contributed by atoms with Crippen LogP contribution in [0, 0.1) is 0 Å². The minimum atomic E-state index is 0.126. The minimum Gasteiger partial charge on any atom is -0.481 e. The normalized spacial score (nSPS) is 10.6. The van der Waals surface area contributed by atoms with Crippen molar-refractivity contribution >= 4 is 12.0 Å². The van der Waals surface area contributed by atoms with Crippen molar-refractivity contribution in [1.29, 1.82) is 0 Å². The van der Waals surface area contributed by atoms with Gasteiger partial charge in [0.2, 0.25) is 17.7 Å². The van der Waals surface area contributed by atoms with Crippen LogP contribution >= 0.6 is 0 Å². The summed E-state index contributed by atoms with van der Waals surface area (Å²) in [6.07, 6.45) is 3.88. The Morgan fingerprint density at radius 1 is 1.16 bits per heavy atom. The molecule has 1 aromatic carbocycles. The molecule has 0 radical (unpaired) electrons. The number of nitrogen functional groups attached to an aromatic ring is 1. The molecule has 0 saturated carbocycles. The quantitative estimate of drug-likeness (QED) is 0.888. The van der Waals surface area contributed by atoms with Crippen LogP contribution in [0.25, 0.3) is 6.08 Å². The lowest BCUT2D eigenvalue weighted by molar-refractivity contribution is 0.340. The van der Waals surface area contributed by atoms with E-state index in [0.29, 0.717) is 18.4 Å². The molecule has 1 heterocycles. The summed E-state index contributed by atoms with van der Waals surface area (Å²) in [7, 11) is 1.51. The summed E-state index contributed by atoms with van der Waals surface area (Å²) in [6, 6.07) is 11.6. The van der Waals surface area contributed by atoms with E-state index in [2.05, 4.69) is 9.97 Å². The van der Waals surface area contributed by atoms with Gasteiger partial charge in [0.05, 0.1) is 13.2 Å². The first-order valence-corrected chi connectivity index (χ1v) is 5.81. The maximum Gasteiger partial charge on any atom is 0.226 e. The minimum absolute atomic E-state index is 0.126. The molecule has 0 spiro atoms. The summed E-state index contributed by atoms with van der Waals surface area (Å²) < 4.78 is 10.4. The largest absolute Gasteiger partial charge is 0.481 e. The third-order valence-corrected chi connectivity index (χ3v) is 2.34. The van der Waals surface area contributed by atoms with Gasteiger partial charge >= 0.3 is 0 Å². The van der Waals surface area contributed by atoms with Crippen molar-refractivity contribution in [3.8, 4) is 11.8 Å². The number of nitrogens with zero attached hydrogens (tertiary/aromatic N) is 2. The topological polar surface area (TPSA) is 70.3 Å². The molecule has 2 aromatic rings. The SMILES string of the molecule is COc1cc(OC/C=C/c2ccccc2)nc(N)n1. The highest BCUT2D eigenvalue weighted by Gasteiger charge is 2.02. The van der Waals surface area contributed by atoms with Gasteiger partial charge in [-0.15, -0.1) is 0 Å². The van der Waals surface area contributed by atoms with E-state index < -0.39 is 0 Å². The summed E-state index contributed by atoms with van der Waals surface area (Å²) in [4.78, 5) is 7.83. The number of hydrogen-bond acceptors (Lipinski definition) is 5. The lowest BCUT2D eigenvalue weighted by atomic mass is 10.2. The van der Waals surface area contributed by atoms with Crippen molar-refractivity contribution in [3.05, 3.63) is 48.0 Å². The van der Waals surface area contributed by atoms with E-state index in [1.165, 1.54) is 7.11 Å². The van der Waals surface area contributed by atoms with Crippen LogP contribution in [-0.2, 0) is 0 Å². The van der Waals surface area contributed by atoms with Crippen molar-refractivity contribution in [3.63, 3.8) is 0 Å². The second-order valence-electron chi connectivity index (χ2n) is 3.73. The first-order chi connectivity index (χ1) is 9.28. The highest BCUT2D eigenvalue weighted by molar-refractivity contribution is 5.48. The second-order valence-corrected chi connectivity index (χ2v) is 3.73. The third kappa shape index (κ3) is 3.99. The Kier molecular flexibility index (Phi) is 4.34. The van der Waals surface area contributed by atoms with E-state index in [1.807, 2.05) is 42.5 Å². The van der Waals surface area contributed by atoms with Crippen molar-refractivity contribution in [1.82, 2.24) is 9.97 Å². The first kappa shape index (κ1) is 12.9. The average Bonchev–Trinajstić information content (AvgIpc) is 2.44. The molecular formula is C14H15N3O2. The smallest absolute Gasteiger partial charge is 0.226 e. The molecule has 98 valence electrons. The molecule has 0 atom stereocenters. The molecule has 5 heteroatoms. The highest BCUT2D eigenvalue weighted by atomic mass is 16.5. The summed E-state index contributed by atoms with van der Waals surface area (Å²) in [6.45, 7) is 0.397. The van der Waals surface area contributed by atoms with E-state index in [9.17, 15) is 0 Å². The van der Waals surface area contributed by atoms with Gasteiger partial charge in [-0.2, -0.15) is 9.97 Å². The summed E-state index contributed by atoms with van der Waals surface area (Å²) in [5.74, 6) is 0.901. The molecule has 0 fully saturated rings. The Morgan fingerprint density at radius 3 is 2.63 bits per heavy atom. The Balaban J connectivity index is 1.92. The zero-order chi connectivity index (χ0) is 13.5. The Hall–Kier alpha value is -2.56. The van der Waals surface area contributed by atoms with Gasteiger partial charge in [-0.1, -0.05) is 36.4 Å². The average molecular weight is 257 g/mol. The molecule has 0 aliphatic heterocycles. The Morgan fingerprint density at radius 2 is 1.89 bits per heavy atom. The van der Waals surface area contributed by atoms with Crippen LogP contribution < -0.4 is 15.2 Å². The maximum absolute atomic E-state index is 5.53. The van der Waals surface area contributed by atoms with Crippen LogP contribution in [0.1, 0.15) is 5.56 Å². The van der Waals surface area contributed by atoms with E-state index in [1.54, 1.807) is 6.07 Å². The van der Waals surface area contributed by atoms with E-state index in [0.717, 1.165) is 5.56 Å². The maximum atomic E-state index is 5.53. The fourth-order valence-electron chi connectivity index (χ4n) is 1.48. The summed E-state index contributed by atoms with van der Waals surface area (Å²) in [5.41, 5.74) is 6.65. The molecule has 19 heavy (non-hydrogen) atoms. The van der Waals surface area contributed by atoms with Gasteiger partial charge in [0.1, 0.15) is 6.61 Å². The number of anilines is 1. The molecule has 5 nitrogen and oxygen atoms in total. The molecule has 2 N–H and O–H groups in total. The zero-order valence-corrected chi connectivity index (χ0v) is 10.6. The fourth-order valence-corrected chi connectivity index (χ4v) is 1.48. The van der Waals surface area contributed by atoms with Crippen LogP contribution in [0.4, 0.5) is 5.95 Å². The summed E-state index contributed by atoms with van der Waals surface area (Å²) in [5, 5.41) is 0. The van der Waals surface area contributed by atoms with E-state index >= 15 is 0 Å². The number of aromatic nitrogens is 2. The monoisotopic (exact) mass is 257 g/mol. The Labute approximate surface area is 111 Å². The van der Waals surface area contributed by atoms with Crippen LogP contribution in [0.3, 0.4) is 0 Å². The van der Waals surface area contributed by atoms with Crippen LogP contribution in [0.15, 0.2) is 42.5 Å². The molecule has 0 aliphatic carbocycles. The van der Waals surface area contributed by atoms with Crippen LogP contribution in [0.2, 0.25) is 0 Å². The predicted octanol–water partition coefficient (Wildman–Crippen LogP) is 2.16. The molecule has 0 bridgehead atoms. The van der Waals surface area contributed by atoms with Gasteiger partial charge in [0.15, 0.2) is 0 Å². The predicted molar refractivity (Wildman–Crippen MR) is 74.0 cm³/mol. The lowest BCUT2D eigenvalue weighted by Gasteiger charge is -2.05. The number of ether oxygens (including phenoxy) is 2. The Bertz CT molecular complexity index is 556. The lowest BCUT2D eigenvalue weighted by Crippen LogP contribution is -2.02. The van der Waals surface area contributed by atoms with E-state index in [-0.39, 0.29) is 5.95 Å². The van der Waals surface area contributed by atoms with Crippen molar-refractivity contribution in [2.75, 3.05) is 19.5 Å². The fraction of sp³-hybridized carbons (Fsp3) is 0.143. The van der Waals surface area contributed by atoms with Gasteiger partial charge in [-0.05, 0) is 11.6 Å². The molecule has 2 rings (SSSR count). The van der Waals surface area contributed by atoms with Gasteiger partial charge in [-0.25, -0.2) is 0 Å². The number of hydrogen-bond donors (Lipinski definition) is 1. The second kappa shape index (κ2) is 6.39. The summed E-state index contributed by atoms with van der Waals surface area (Å²) >= 11 is 0. The van der Waals surface area contributed by atoms with Crippen molar-refractivity contribution in [2.45, 2.75) is 0 Å². The molecule has 0 unspecified atom stereocenters. The van der Waals surface area contributed by atoms with Crippen molar-refractivity contribution < 1.29 is 9.47 Å².